The van der Waals surface area contributed by atoms with E-state index < -0.39 is 0 Å². The largest absolute Gasteiger partial charge is 0.370 e. The summed E-state index contributed by atoms with van der Waals surface area (Å²) in [4.78, 5) is 8.11. The van der Waals surface area contributed by atoms with Gasteiger partial charge in [0.2, 0.25) is 0 Å². The number of pyridine rings is 1. The van der Waals surface area contributed by atoms with E-state index in [0.717, 1.165) is 16.6 Å². The van der Waals surface area contributed by atoms with Crippen molar-refractivity contribution >= 4 is 34.2 Å². The first-order chi connectivity index (χ1) is 7.72. The van der Waals surface area contributed by atoms with Crippen LogP contribution in [0.1, 0.15) is 0 Å². The third-order valence-corrected chi connectivity index (χ3v) is 2.55. The summed E-state index contributed by atoms with van der Waals surface area (Å²) in [7, 11) is 1.62. The van der Waals surface area contributed by atoms with Crippen molar-refractivity contribution in [3.8, 4) is 0 Å². The Morgan fingerprint density at radius 3 is 3.00 bits per heavy atom. The topological polar surface area (TPSA) is 63.3 Å². The van der Waals surface area contributed by atoms with Crippen molar-refractivity contribution in [3.63, 3.8) is 0 Å². The van der Waals surface area contributed by atoms with Gasteiger partial charge in [0, 0.05) is 18.6 Å². The number of rotatable bonds is 1. The zero-order valence-corrected chi connectivity index (χ0v) is 9.49. The fourth-order valence-corrected chi connectivity index (χ4v) is 1.65. The van der Waals surface area contributed by atoms with E-state index in [4.69, 9.17) is 17.3 Å². The van der Waals surface area contributed by atoms with E-state index in [-0.39, 0.29) is 0 Å². The van der Waals surface area contributed by atoms with Gasteiger partial charge in [-0.3, -0.25) is 9.98 Å². The minimum atomic E-state index is 0.342. The lowest BCUT2D eigenvalue weighted by Gasteiger charge is -2.08. The molecule has 1 heterocycles. The average molecular weight is 235 g/mol. The van der Waals surface area contributed by atoms with E-state index in [1.807, 2.05) is 18.2 Å². The maximum absolute atomic E-state index is 6.07. The molecule has 0 aliphatic heterocycles. The number of nitrogens with zero attached hydrogens (tertiary/aromatic N) is 2. The molecule has 2 aromatic rings. The Morgan fingerprint density at radius 1 is 1.44 bits per heavy atom. The maximum atomic E-state index is 6.07. The Hall–Kier alpha value is -1.81. The van der Waals surface area contributed by atoms with E-state index in [2.05, 4.69) is 15.3 Å². The molecule has 0 spiro atoms. The number of anilines is 1. The second-order valence-corrected chi connectivity index (χ2v) is 3.64. The Bertz CT molecular complexity index is 551. The minimum absolute atomic E-state index is 0.342. The van der Waals surface area contributed by atoms with Gasteiger partial charge in [0.15, 0.2) is 5.96 Å². The number of fused-ring (bicyclic) bond motifs is 1. The molecule has 2 rings (SSSR count). The molecule has 0 saturated carbocycles. The van der Waals surface area contributed by atoms with E-state index >= 15 is 0 Å². The summed E-state index contributed by atoms with van der Waals surface area (Å²) in [6.07, 6.45) is 1.71. The van der Waals surface area contributed by atoms with Crippen LogP contribution in [0.4, 0.5) is 5.69 Å². The highest BCUT2D eigenvalue weighted by Gasteiger charge is 2.05. The fourth-order valence-electron chi connectivity index (χ4n) is 1.43. The third kappa shape index (κ3) is 1.92. The van der Waals surface area contributed by atoms with Crippen LogP contribution in [0.3, 0.4) is 0 Å². The average Bonchev–Trinajstić information content (AvgIpc) is 2.33. The van der Waals surface area contributed by atoms with Crippen LogP contribution in [-0.2, 0) is 0 Å². The monoisotopic (exact) mass is 234 g/mol. The SMILES string of the molecule is CN=C(N)Nc1ccc(Cl)c2cccnc12. The molecule has 1 aromatic carbocycles. The Labute approximate surface area is 98.2 Å². The quantitative estimate of drug-likeness (QED) is 0.588. The van der Waals surface area contributed by atoms with Gasteiger partial charge in [0.25, 0.3) is 0 Å². The second-order valence-electron chi connectivity index (χ2n) is 3.23. The summed E-state index contributed by atoms with van der Waals surface area (Å²) < 4.78 is 0. The van der Waals surface area contributed by atoms with E-state index in [0.29, 0.717) is 11.0 Å². The first kappa shape index (κ1) is 10.7. The Balaban J connectivity index is 2.58. The second kappa shape index (κ2) is 4.37. The predicted molar refractivity (Wildman–Crippen MR) is 67.9 cm³/mol. The number of nitrogens with two attached hydrogens (primary N) is 1. The molecular weight excluding hydrogens is 224 g/mol. The first-order valence-electron chi connectivity index (χ1n) is 4.75. The van der Waals surface area contributed by atoms with Gasteiger partial charge in [-0.2, -0.15) is 0 Å². The number of benzene rings is 1. The summed E-state index contributed by atoms with van der Waals surface area (Å²) >= 11 is 6.07. The molecule has 16 heavy (non-hydrogen) atoms. The molecule has 0 amide bonds. The summed E-state index contributed by atoms with van der Waals surface area (Å²) in [5, 5.41) is 4.52. The van der Waals surface area contributed by atoms with Gasteiger partial charge in [-0.25, -0.2) is 0 Å². The maximum Gasteiger partial charge on any atom is 0.192 e. The molecular formula is C11H11ClN4. The lowest BCUT2D eigenvalue weighted by Crippen LogP contribution is -2.22. The van der Waals surface area contributed by atoms with Crippen molar-refractivity contribution in [2.24, 2.45) is 10.7 Å². The zero-order valence-electron chi connectivity index (χ0n) is 8.74. The van der Waals surface area contributed by atoms with Gasteiger partial charge in [-0.15, -0.1) is 0 Å². The Morgan fingerprint density at radius 2 is 2.25 bits per heavy atom. The number of aromatic nitrogens is 1. The number of hydrogen-bond donors (Lipinski definition) is 2. The van der Waals surface area contributed by atoms with Gasteiger partial charge < -0.3 is 11.1 Å². The van der Waals surface area contributed by atoms with Crippen LogP contribution in [0.5, 0.6) is 0 Å². The van der Waals surface area contributed by atoms with Crippen molar-refractivity contribution in [2.75, 3.05) is 12.4 Å². The van der Waals surface area contributed by atoms with Crippen molar-refractivity contribution in [3.05, 3.63) is 35.5 Å². The smallest absolute Gasteiger partial charge is 0.192 e. The standard InChI is InChI=1S/C11H11ClN4/c1-14-11(13)16-9-5-4-8(12)7-3-2-6-15-10(7)9/h2-6H,1H3,(H3,13,14,16). The van der Waals surface area contributed by atoms with E-state index in [1.54, 1.807) is 19.3 Å². The molecule has 0 fully saturated rings. The normalized spacial score (nSPS) is 11.8. The van der Waals surface area contributed by atoms with Gasteiger partial charge >= 0.3 is 0 Å². The highest BCUT2D eigenvalue weighted by Crippen LogP contribution is 2.27. The van der Waals surface area contributed by atoms with E-state index in [1.165, 1.54) is 0 Å². The number of guanidine groups is 1. The zero-order chi connectivity index (χ0) is 11.5. The fraction of sp³-hybridized carbons (Fsp3) is 0.0909. The third-order valence-electron chi connectivity index (χ3n) is 2.22. The summed E-state index contributed by atoms with van der Waals surface area (Å²) in [5.74, 6) is 0.342. The number of nitrogens with one attached hydrogen (secondary N) is 1. The van der Waals surface area contributed by atoms with Crippen LogP contribution in [0, 0.1) is 0 Å². The molecule has 0 aliphatic rings. The Kier molecular flexibility index (Phi) is 2.92. The lowest BCUT2D eigenvalue weighted by atomic mass is 10.2. The molecule has 4 nitrogen and oxygen atoms in total. The molecule has 5 heteroatoms. The van der Waals surface area contributed by atoms with Crippen LogP contribution in [0.15, 0.2) is 35.5 Å². The predicted octanol–water partition coefficient (Wildman–Crippen LogP) is 2.24. The van der Waals surface area contributed by atoms with Crippen LogP contribution in [0.2, 0.25) is 5.02 Å². The van der Waals surface area contributed by atoms with Crippen molar-refractivity contribution < 1.29 is 0 Å². The van der Waals surface area contributed by atoms with Crippen LogP contribution in [0.25, 0.3) is 10.9 Å². The van der Waals surface area contributed by atoms with Gasteiger partial charge in [0.05, 0.1) is 16.2 Å². The summed E-state index contributed by atoms with van der Waals surface area (Å²) in [6, 6.07) is 7.39. The molecule has 1 aromatic heterocycles. The van der Waals surface area contributed by atoms with Crippen LogP contribution in [-0.4, -0.2) is 18.0 Å². The number of aliphatic imine (C=N–C) groups is 1. The molecule has 0 atom stereocenters. The van der Waals surface area contributed by atoms with Crippen LogP contribution < -0.4 is 11.1 Å². The summed E-state index contributed by atoms with van der Waals surface area (Å²) in [6.45, 7) is 0. The first-order valence-corrected chi connectivity index (χ1v) is 5.12. The number of halogens is 1. The summed E-state index contributed by atoms with van der Waals surface area (Å²) in [5.41, 5.74) is 7.19. The van der Waals surface area contributed by atoms with Crippen molar-refractivity contribution in [1.82, 2.24) is 4.98 Å². The molecule has 0 saturated heterocycles. The minimum Gasteiger partial charge on any atom is -0.370 e. The highest BCUT2D eigenvalue weighted by molar-refractivity contribution is 6.35. The van der Waals surface area contributed by atoms with Gasteiger partial charge in [0.1, 0.15) is 0 Å². The number of hydrogen-bond acceptors (Lipinski definition) is 2. The van der Waals surface area contributed by atoms with Crippen molar-refractivity contribution in [1.29, 1.82) is 0 Å². The molecule has 0 unspecified atom stereocenters. The lowest BCUT2D eigenvalue weighted by molar-refractivity contribution is 1.37. The highest BCUT2D eigenvalue weighted by atomic mass is 35.5. The molecule has 0 radical (unpaired) electrons. The molecule has 0 aliphatic carbocycles. The molecule has 3 N–H and O–H groups in total. The van der Waals surface area contributed by atoms with Gasteiger partial charge in [-0.05, 0) is 24.3 Å². The van der Waals surface area contributed by atoms with Gasteiger partial charge in [-0.1, -0.05) is 11.6 Å². The van der Waals surface area contributed by atoms with E-state index in [9.17, 15) is 0 Å². The molecule has 82 valence electrons. The van der Waals surface area contributed by atoms with Crippen molar-refractivity contribution in [2.45, 2.75) is 0 Å². The van der Waals surface area contributed by atoms with Crippen LogP contribution >= 0.6 is 11.6 Å². The molecule has 0 bridgehead atoms.